The number of halogens is 4. The molecule has 2 fully saturated rings. The number of nitrogens with zero attached hydrogens (tertiary/aromatic N) is 2. The molecule has 1 saturated heterocycles. The molecule has 0 unspecified atom stereocenters. The zero-order valence-corrected chi connectivity index (χ0v) is 17.3. The molecule has 3 heterocycles. The van der Waals surface area contributed by atoms with E-state index in [0.29, 0.717) is 19.3 Å². The smallest absolute Gasteiger partial charge is 0.375 e. The lowest BCUT2D eigenvalue weighted by molar-refractivity contribution is -0.137. The summed E-state index contributed by atoms with van der Waals surface area (Å²) in [5, 5.41) is 3.13. The number of alkyl halides is 3. The maximum atomic E-state index is 13.9. The van der Waals surface area contributed by atoms with Crippen LogP contribution in [-0.2, 0) is 22.9 Å². The molecule has 2 aromatic rings. The molecule has 2 aliphatic rings. The van der Waals surface area contributed by atoms with Gasteiger partial charge in [-0.25, -0.2) is 4.98 Å². The van der Waals surface area contributed by atoms with Gasteiger partial charge in [0, 0.05) is 42.2 Å². The number of aromatic nitrogens is 2. The van der Waals surface area contributed by atoms with Crippen molar-refractivity contribution in [2.24, 2.45) is 0 Å². The molecule has 168 valence electrons. The number of ether oxygens (including phenoxy) is 1. The first-order valence-corrected chi connectivity index (χ1v) is 10.8. The molecule has 0 aromatic carbocycles. The molecular weight excluding hydrogens is 410 g/mol. The Kier molecular flexibility index (Phi) is 6.30. The van der Waals surface area contributed by atoms with Crippen molar-refractivity contribution in [1.82, 2.24) is 15.3 Å². The van der Waals surface area contributed by atoms with Gasteiger partial charge in [-0.1, -0.05) is 18.9 Å². The van der Waals surface area contributed by atoms with Crippen LogP contribution in [0.4, 0.5) is 17.6 Å². The molecule has 2 aromatic heterocycles. The van der Waals surface area contributed by atoms with Gasteiger partial charge in [0.2, 0.25) is 5.95 Å². The first-order chi connectivity index (χ1) is 14.8. The molecular formula is C23H27F4N3O. The van der Waals surface area contributed by atoms with Crippen molar-refractivity contribution in [2.45, 2.75) is 68.7 Å². The third-order valence-corrected chi connectivity index (χ3v) is 6.71. The van der Waals surface area contributed by atoms with E-state index in [1.54, 1.807) is 6.20 Å². The molecule has 31 heavy (non-hydrogen) atoms. The van der Waals surface area contributed by atoms with E-state index in [2.05, 4.69) is 15.3 Å². The highest BCUT2D eigenvalue weighted by molar-refractivity contribution is 5.23. The average molecular weight is 437 g/mol. The largest absolute Gasteiger partial charge is 0.417 e. The van der Waals surface area contributed by atoms with Crippen LogP contribution in [0.25, 0.3) is 0 Å². The Morgan fingerprint density at radius 3 is 2.61 bits per heavy atom. The quantitative estimate of drug-likeness (QED) is 0.385. The monoisotopic (exact) mass is 437 g/mol. The van der Waals surface area contributed by atoms with Crippen molar-refractivity contribution in [3.8, 4) is 0 Å². The molecule has 0 radical (unpaired) electrons. The third-order valence-electron chi connectivity index (χ3n) is 6.71. The minimum atomic E-state index is -4.55. The minimum Gasteiger partial charge on any atom is -0.375 e. The van der Waals surface area contributed by atoms with Gasteiger partial charge in [0.1, 0.15) is 0 Å². The first-order valence-electron chi connectivity index (χ1n) is 10.8. The maximum absolute atomic E-state index is 13.9. The van der Waals surface area contributed by atoms with E-state index >= 15 is 0 Å². The molecule has 0 amide bonds. The Bertz CT molecular complexity index is 884. The molecule has 1 spiro atoms. The molecule has 0 bridgehead atoms. The Morgan fingerprint density at radius 2 is 1.90 bits per heavy atom. The summed E-state index contributed by atoms with van der Waals surface area (Å²) < 4.78 is 58.9. The van der Waals surface area contributed by atoms with Gasteiger partial charge < -0.3 is 10.1 Å². The average Bonchev–Trinajstić information content (AvgIpc) is 3.19. The molecule has 4 rings (SSSR count). The summed E-state index contributed by atoms with van der Waals surface area (Å²) >= 11 is 0. The van der Waals surface area contributed by atoms with E-state index in [4.69, 9.17) is 4.74 Å². The highest BCUT2D eigenvalue weighted by Crippen LogP contribution is 2.49. The topological polar surface area (TPSA) is 47.0 Å². The van der Waals surface area contributed by atoms with E-state index in [-0.39, 0.29) is 23.1 Å². The van der Waals surface area contributed by atoms with E-state index in [0.717, 1.165) is 43.9 Å². The van der Waals surface area contributed by atoms with Crippen molar-refractivity contribution < 1.29 is 22.3 Å². The summed E-state index contributed by atoms with van der Waals surface area (Å²) in [4.78, 5) is 7.91. The number of pyridine rings is 2. The summed E-state index contributed by atoms with van der Waals surface area (Å²) in [6.07, 6.45) is 4.69. The van der Waals surface area contributed by atoms with E-state index in [1.807, 2.05) is 18.2 Å². The molecule has 1 saturated carbocycles. The SMILES string of the molecule is Fc1ncc(C(F)(F)F)cc1CNCC[C@@]1(c2ccccn2)CCOC2(CCCC2)C1. The lowest BCUT2D eigenvalue weighted by Crippen LogP contribution is -2.47. The Morgan fingerprint density at radius 1 is 1.10 bits per heavy atom. The van der Waals surface area contributed by atoms with Gasteiger partial charge in [-0.3, -0.25) is 4.98 Å². The molecule has 4 nitrogen and oxygen atoms in total. The highest BCUT2D eigenvalue weighted by Gasteiger charge is 2.48. The lowest BCUT2D eigenvalue weighted by Gasteiger charge is -2.46. The van der Waals surface area contributed by atoms with Gasteiger partial charge in [0.25, 0.3) is 0 Å². The van der Waals surface area contributed by atoms with Crippen LogP contribution in [0.2, 0.25) is 0 Å². The summed E-state index contributed by atoms with van der Waals surface area (Å²) in [7, 11) is 0. The summed E-state index contributed by atoms with van der Waals surface area (Å²) in [6.45, 7) is 1.19. The Hall–Kier alpha value is -2.06. The second-order valence-electron chi connectivity index (χ2n) is 8.76. The van der Waals surface area contributed by atoms with E-state index in [9.17, 15) is 17.6 Å². The van der Waals surface area contributed by atoms with E-state index < -0.39 is 17.7 Å². The number of hydrogen-bond donors (Lipinski definition) is 1. The predicted molar refractivity (Wildman–Crippen MR) is 108 cm³/mol. The van der Waals surface area contributed by atoms with Crippen LogP contribution in [0.1, 0.15) is 61.8 Å². The fourth-order valence-electron chi connectivity index (χ4n) is 5.12. The third kappa shape index (κ3) is 4.90. The first kappa shape index (κ1) is 22.1. The highest BCUT2D eigenvalue weighted by atomic mass is 19.4. The summed E-state index contributed by atoms with van der Waals surface area (Å²) in [5.74, 6) is -0.879. The second kappa shape index (κ2) is 8.82. The number of hydrogen-bond acceptors (Lipinski definition) is 4. The fraction of sp³-hybridized carbons (Fsp3) is 0.565. The minimum absolute atomic E-state index is 0.0112. The molecule has 1 aliphatic heterocycles. The van der Waals surface area contributed by atoms with Crippen LogP contribution < -0.4 is 5.32 Å². The summed E-state index contributed by atoms with van der Waals surface area (Å²) in [5.41, 5.74) is -0.267. The van der Waals surface area contributed by atoms with Crippen LogP contribution in [0.15, 0.2) is 36.7 Å². The predicted octanol–water partition coefficient (Wildman–Crippen LogP) is 5.18. The maximum Gasteiger partial charge on any atom is 0.417 e. The zero-order valence-electron chi connectivity index (χ0n) is 17.3. The normalized spacial score (nSPS) is 23.4. The van der Waals surface area contributed by atoms with Crippen LogP contribution in [-0.4, -0.2) is 28.7 Å². The van der Waals surface area contributed by atoms with Crippen LogP contribution in [0.5, 0.6) is 0 Å². The van der Waals surface area contributed by atoms with Gasteiger partial charge in [-0.05, 0) is 56.8 Å². The second-order valence-corrected chi connectivity index (χ2v) is 8.76. The Balaban J connectivity index is 1.46. The lowest BCUT2D eigenvalue weighted by atomic mass is 9.68. The van der Waals surface area contributed by atoms with Gasteiger partial charge in [0.15, 0.2) is 0 Å². The van der Waals surface area contributed by atoms with Crippen molar-refractivity contribution in [2.75, 3.05) is 13.2 Å². The molecule has 8 heteroatoms. The van der Waals surface area contributed by atoms with Crippen LogP contribution in [0.3, 0.4) is 0 Å². The van der Waals surface area contributed by atoms with Crippen molar-refractivity contribution >= 4 is 0 Å². The molecule has 1 atom stereocenters. The van der Waals surface area contributed by atoms with Gasteiger partial charge in [-0.15, -0.1) is 0 Å². The standard InChI is InChI=1S/C23H27F4N3O/c24-20-17(13-18(15-30-20)23(25,26)27)14-28-11-8-21(19-5-1-4-10-29-19)9-12-31-22(16-21)6-2-3-7-22/h1,4-5,10,13,15,28H,2-3,6-9,11-12,14,16H2/t21-/m1/s1. The van der Waals surface area contributed by atoms with Crippen LogP contribution >= 0.6 is 0 Å². The number of nitrogens with one attached hydrogen (secondary N) is 1. The Labute approximate surface area is 179 Å². The van der Waals surface area contributed by atoms with Crippen molar-refractivity contribution in [1.29, 1.82) is 0 Å². The van der Waals surface area contributed by atoms with Gasteiger partial charge in [0.05, 0.1) is 11.2 Å². The summed E-state index contributed by atoms with van der Waals surface area (Å²) in [6, 6.07) is 6.75. The fourth-order valence-corrected chi connectivity index (χ4v) is 5.12. The molecule has 1 N–H and O–H groups in total. The van der Waals surface area contributed by atoms with Gasteiger partial charge >= 0.3 is 6.18 Å². The van der Waals surface area contributed by atoms with Crippen molar-refractivity contribution in [3.05, 3.63) is 59.4 Å². The van der Waals surface area contributed by atoms with Crippen LogP contribution in [0, 0.1) is 5.95 Å². The zero-order chi connectivity index (χ0) is 22.0. The van der Waals surface area contributed by atoms with E-state index in [1.165, 1.54) is 12.8 Å². The number of rotatable bonds is 6. The van der Waals surface area contributed by atoms with Crippen molar-refractivity contribution in [3.63, 3.8) is 0 Å². The molecule has 1 aliphatic carbocycles. The van der Waals surface area contributed by atoms with Gasteiger partial charge in [-0.2, -0.15) is 17.6 Å².